The lowest BCUT2D eigenvalue weighted by atomic mass is 9.84. The first-order valence-electron chi connectivity index (χ1n) is 12.2. The van der Waals surface area contributed by atoms with E-state index in [0.29, 0.717) is 42.8 Å². The van der Waals surface area contributed by atoms with Gasteiger partial charge in [0.1, 0.15) is 18.2 Å². The van der Waals surface area contributed by atoms with Crippen LogP contribution in [0.25, 0.3) is 11.0 Å². The molecule has 34 heavy (non-hydrogen) atoms. The van der Waals surface area contributed by atoms with Crippen LogP contribution in [0.4, 0.5) is 0 Å². The molecule has 9 nitrogen and oxygen atoms in total. The lowest BCUT2D eigenvalue weighted by molar-refractivity contribution is -0.128. The van der Waals surface area contributed by atoms with Crippen LogP contribution in [0, 0.1) is 11.8 Å². The third-order valence-electron chi connectivity index (χ3n) is 6.91. The summed E-state index contributed by atoms with van der Waals surface area (Å²) in [5.74, 6) is -0.349. The highest BCUT2D eigenvalue weighted by Crippen LogP contribution is 2.28. The largest absolute Gasteiger partial charge is 0.373 e. The molecule has 1 aliphatic heterocycles. The Bertz CT molecular complexity index is 1010. The Balaban J connectivity index is 1.45. The second-order valence-electron chi connectivity index (χ2n) is 9.41. The normalized spacial score (nSPS) is 21.6. The van der Waals surface area contributed by atoms with Crippen LogP contribution in [-0.2, 0) is 14.4 Å². The number of rotatable bonds is 10. The van der Waals surface area contributed by atoms with Crippen molar-refractivity contribution in [2.24, 2.45) is 11.8 Å². The molecule has 0 radical (unpaired) electrons. The molecule has 2 amide bonds. The van der Waals surface area contributed by atoms with Gasteiger partial charge >= 0.3 is 0 Å². The summed E-state index contributed by atoms with van der Waals surface area (Å²) in [6, 6.07) is 5.92. The maximum atomic E-state index is 13.2. The molecule has 2 fully saturated rings. The van der Waals surface area contributed by atoms with E-state index in [-0.39, 0.29) is 24.2 Å². The van der Waals surface area contributed by atoms with Gasteiger partial charge in [0.25, 0.3) is 0 Å². The quantitative estimate of drug-likeness (QED) is 0.309. The number of aliphatic hydroxyl groups excluding tert-OH is 1. The van der Waals surface area contributed by atoms with Gasteiger partial charge in [0, 0.05) is 12.5 Å². The average molecular weight is 468 g/mol. The summed E-state index contributed by atoms with van der Waals surface area (Å²) >= 11 is 0. The SMILES string of the molecule is O=C[C@H](C[C@@H]1CCNC1=O)NC(=O)[C@H](CC1CCCCC1)NC(O)c1cnc2ccccc2n1. The Morgan fingerprint density at radius 3 is 2.62 bits per heavy atom. The standard InChI is InChI=1S/C25H33N5O4/c31-15-18(13-17-10-11-26-23(17)32)28-24(33)21(12-16-6-2-1-3-7-16)30-25(34)22-14-27-19-8-4-5-9-20(19)29-22/h4-5,8-9,14-18,21,25,30,34H,1-3,6-7,10-13H2,(H,26,32)(H,28,33)/t17-,18-,21-,25?/m0/s1. The predicted octanol–water partition coefficient (Wildman–Crippen LogP) is 1.76. The van der Waals surface area contributed by atoms with E-state index in [2.05, 4.69) is 25.9 Å². The second-order valence-corrected chi connectivity index (χ2v) is 9.41. The predicted molar refractivity (Wildman–Crippen MR) is 126 cm³/mol. The number of nitrogens with zero attached hydrogens (tertiary/aromatic N) is 2. The molecule has 1 saturated heterocycles. The summed E-state index contributed by atoms with van der Waals surface area (Å²) in [5.41, 5.74) is 1.71. The van der Waals surface area contributed by atoms with Crippen molar-refractivity contribution in [1.29, 1.82) is 0 Å². The minimum Gasteiger partial charge on any atom is -0.373 e. The van der Waals surface area contributed by atoms with Crippen LogP contribution in [0.15, 0.2) is 30.5 Å². The Labute approximate surface area is 199 Å². The van der Waals surface area contributed by atoms with Gasteiger partial charge in [0.05, 0.1) is 29.3 Å². The minimum atomic E-state index is -1.19. The Kier molecular flexibility index (Phi) is 8.18. The Morgan fingerprint density at radius 1 is 1.15 bits per heavy atom. The van der Waals surface area contributed by atoms with E-state index in [9.17, 15) is 19.5 Å². The third kappa shape index (κ3) is 6.15. The number of aromatic nitrogens is 2. The van der Waals surface area contributed by atoms with Crippen LogP contribution in [-0.4, -0.2) is 51.8 Å². The van der Waals surface area contributed by atoms with E-state index >= 15 is 0 Å². The summed E-state index contributed by atoms with van der Waals surface area (Å²) in [5, 5.41) is 19.4. The lowest BCUT2D eigenvalue weighted by Crippen LogP contribution is -2.50. The molecular weight excluding hydrogens is 434 g/mol. The van der Waals surface area contributed by atoms with Crippen LogP contribution in [0.5, 0.6) is 0 Å². The first-order chi connectivity index (χ1) is 16.5. The number of carbonyl (C=O) groups is 3. The van der Waals surface area contributed by atoms with Gasteiger partial charge in [-0.15, -0.1) is 0 Å². The van der Waals surface area contributed by atoms with Crippen molar-refractivity contribution in [3.63, 3.8) is 0 Å². The number of hydrogen-bond donors (Lipinski definition) is 4. The van der Waals surface area contributed by atoms with Gasteiger partial charge in [-0.2, -0.15) is 0 Å². The fourth-order valence-corrected chi connectivity index (χ4v) is 4.99. The first-order valence-corrected chi connectivity index (χ1v) is 12.2. The number of hydrogen-bond acceptors (Lipinski definition) is 7. The van der Waals surface area contributed by atoms with Gasteiger partial charge in [0.15, 0.2) is 0 Å². The number of nitrogens with one attached hydrogen (secondary N) is 3. The molecule has 0 spiro atoms. The topological polar surface area (TPSA) is 133 Å². The van der Waals surface area contributed by atoms with E-state index in [1.165, 1.54) is 12.6 Å². The van der Waals surface area contributed by atoms with Crippen LogP contribution in [0.1, 0.15) is 63.3 Å². The van der Waals surface area contributed by atoms with E-state index < -0.39 is 18.3 Å². The molecule has 1 aromatic heterocycles. The molecule has 9 heteroatoms. The van der Waals surface area contributed by atoms with Gasteiger partial charge in [-0.3, -0.25) is 19.9 Å². The number of aliphatic hydroxyl groups is 1. The highest BCUT2D eigenvalue weighted by molar-refractivity contribution is 5.85. The number of aldehydes is 1. The number of carbonyl (C=O) groups excluding carboxylic acids is 3. The van der Waals surface area contributed by atoms with Crippen molar-refractivity contribution >= 4 is 29.1 Å². The molecule has 1 aliphatic carbocycles. The summed E-state index contributed by atoms with van der Waals surface area (Å²) in [4.78, 5) is 45.7. The highest BCUT2D eigenvalue weighted by Gasteiger charge is 2.31. The molecular formula is C25H33N5O4. The van der Waals surface area contributed by atoms with E-state index in [1.807, 2.05) is 24.3 Å². The molecule has 2 aliphatic rings. The summed E-state index contributed by atoms with van der Waals surface area (Å²) in [7, 11) is 0. The van der Waals surface area contributed by atoms with Gasteiger partial charge in [0.2, 0.25) is 11.8 Å². The molecule has 4 rings (SSSR count). The summed E-state index contributed by atoms with van der Waals surface area (Å²) < 4.78 is 0. The molecule has 2 heterocycles. The molecule has 1 aromatic carbocycles. The Hall–Kier alpha value is -2.91. The maximum absolute atomic E-state index is 13.2. The fraction of sp³-hybridized carbons (Fsp3) is 0.560. The third-order valence-corrected chi connectivity index (χ3v) is 6.91. The smallest absolute Gasteiger partial charge is 0.237 e. The highest BCUT2D eigenvalue weighted by atomic mass is 16.3. The zero-order valence-electron chi connectivity index (χ0n) is 19.3. The monoisotopic (exact) mass is 467 g/mol. The molecule has 1 saturated carbocycles. The van der Waals surface area contributed by atoms with Crippen molar-refractivity contribution in [2.45, 2.75) is 69.7 Å². The summed E-state index contributed by atoms with van der Waals surface area (Å²) in [6.45, 7) is 0.591. The number of fused-ring (bicyclic) bond motifs is 1. The van der Waals surface area contributed by atoms with Crippen molar-refractivity contribution in [3.8, 4) is 0 Å². The van der Waals surface area contributed by atoms with Gasteiger partial charge in [-0.1, -0.05) is 44.2 Å². The second kappa shape index (κ2) is 11.5. The summed E-state index contributed by atoms with van der Waals surface area (Å²) in [6.07, 6.45) is 8.02. The van der Waals surface area contributed by atoms with Crippen molar-refractivity contribution in [3.05, 3.63) is 36.2 Å². The van der Waals surface area contributed by atoms with Crippen LogP contribution in [0.2, 0.25) is 0 Å². The van der Waals surface area contributed by atoms with Crippen molar-refractivity contribution in [1.82, 2.24) is 25.9 Å². The van der Waals surface area contributed by atoms with E-state index in [4.69, 9.17) is 0 Å². The first kappa shape index (κ1) is 24.2. The van der Waals surface area contributed by atoms with Crippen LogP contribution in [0.3, 0.4) is 0 Å². The Morgan fingerprint density at radius 2 is 1.91 bits per heavy atom. The van der Waals surface area contributed by atoms with Gasteiger partial charge in [-0.05, 0) is 37.3 Å². The van der Waals surface area contributed by atoms with E-state index in [1.54, 1.807) is 0 Å². The molecule has 4 atom stereocenters. The van der Waals surface area contributed by atoms with Crippen molar-refractivity contribution in [2.75, 3.05) is 6.54 Å². The zero-order chi connectivity index (χ0) is 23.9. The molecule has 0 bridgehead atoms. The van der Waals surface area contributed by atoms with E-state index in [0.717, 1.165) is 31.2 Å². The van der Waals surface area contributed by atoms with Crippen LogP contribution < -0.4 is 16.0 Å². The maximum Gasteiger partial charge on any atom is 0.237 e. The molecule has 2 aromatic rings. The minimum absolute atomic E-state index is 0.0803. The van der Waals surface area contributed by atoms with Crippen molar-refractivity contribution < 1.29 is 19.5 Å². The van der Waals surface area contributed by atoms with Gasteiger partial charge < -0.3 is 20.5 Å². The molecule has 1 unspecified atom stereocenters. The molecule has 182 valence electrons. The number of benzene rings is 1. The van der Waals surface area contributed by atoms with Crippen LogP contribution >= 0.6 is 0 Å². The number of para-hydroxylation sites is 2. The lowest BCUT2D eigenvalue weighted by Gasteiger charge is -2.29. The molecule has 4 N–H and O–H groups in total. The zero-order valence-corrected chi connectivity index (χ0v) is 19.3. The number of amides is 2. The average Bonchev–Trinajstić information content (AvgIpc) is 3.27. The van der Waals surface area contributed by atoms with Gasteiger partial charge in [-0.25, -0.2) is 4.98 Å². The fourth-order valence-electron chi connectivity index (χ4n) is 4.99.